The smallest absolute Gasteiger partial charge is 0.0552 e. The van der Waals surface area contributed by atoms with Crippen molar-refractivity contribution in [3.8, 4) is 0 Å². The van der Waals surface area contributed by atoms with E-state index in [0.29, 0.717) is 12.0 Å². The maximum absolute atomic E-state index is 3.69. The predicted molar refractivity (Wildman–Crippen MR) is 141 cm³/mol. The highest BCUT2D eigenvalue weighted by Crippen LogP contribution is 2.45. The Hall–Kier alpha value is -2.84. The van der Waals surface area contributed by atoms with Crippen molar-refractivity contribution in [1.29, 1.82) is 0 Å². The van der Waals surface area contributed by atoms with Crippen LogP contribution in [0.3, 0.4) is 0 Å². The van der Waals surface area contributed by atoms with Crippen LogP contribution < -0.4 is 5.32 Å². The molecule has 0 saturated carbocycles. The highest BCUT2D eigenvalue weighted by molar-refractivity contribution is 7.26. The standard InChI is InChI=1S/C30H29NS/c1-3-7-19-11-14-29-25(15-19)26-17-20(8-4-2)16-23(30(26)32-29)21-12-13-28-24(18-21)22-9-5-6-10-27(22)31-28/h5-6,9-18,24,28,31H,3-4,7-8H2,1-2H3. The molecule has 1 N–H and O–H groups in total. The fraction of sp³-hybridized carbons (Fsp3) is 0.267. The van der Waals surface area contributed by atoms with Gasteiger partial charge in [0.15, 0.2) is 0 Å². The third kappa shape index (κ3) is 3.20. The second-order valence-corrected chi connectivity index (χ2v) is 10.3. The molecule has 2 unspecified atom stereocenters. The van der Waals surface area contributed by atoms with Gasteiger partial charge in [0.2, 0.25) is 0 Å². The minimum atomic E-state index is 0.365. The monoisotopic (exact) mass is 435 g/mol. The van der Waals surface area contributed by atoms with Crippen LogP contribution in [0.2, 0.25) is 0 Å². The lowest BCUT2D eigenvalue weighted by molar-refractivity contribution is 0.808. The topological polar surface area (TPSA) is 12.0 Å². The zero-order valence-corrected chi connectivity index (χ0v) is 19.6. The van der Waals surface area contributed by atoms with Crippen molar-refractivity contribution in [3.05, 3.63) is 95.1 Å². The summed E-state index contributed by atoms with van der Waals surface area (Å²) in [4.78, 5) is 0. The van der Waals surface area contributed by atoms with Crippen molar-refractivity contribution in [2.24, 2.45) is 0 Å². The summed E-state index contributed by atoms with van der Waals surface area (Å²) in [5, 5.41) is 6.56. The third-order valence-electron chi connectivity index (χ3n) is 6.95. The number of thiophene rings is 1. The van der Waals surface area contributed by atoms with Crippen molar-refractivity contribution < 1.29 is 0 Å². The molecule has 0 spiro atoms. The summed E-state index contributed by atoms with van der Waals surface area (Å²) in [5.41, 5.74) is 8.38. The Bertz CT molecular complexity index is 1390. The zero-order valence-electron chi connectivity index (χ0n) is 18.8. The molecule has 3 aromatic carbocycles. The number of benzene rings is 3. The summed E-state index contributed by atoms with van der Waals surface area (Å²) in [6, 6.07) is 21.1. The van der Waals surface area contributed by atoms with Gasteiger partial charge in [0, 0.05) is 31.8 Å². The van der Waals surface area contributed by atoms with Crippen LogP contribution in [-0.4, -0.2) is 6.04 Å². The lowest BCUT2D eigenvalue weighted by Crippen LogP contribution is -2.18. The molecule has 0 saturated heterocycles. The SMILES string of the molecule is CCCc1ccc2sc3c(C4=CC5c6ccccc6NC5C=C4)cc(CCC)cc3c2c1. The van der Waals surface area contributed by atoms with Crippen LogP contribution in [0.5, 0.6) is 0 Å². The number of allylic oxidation sites excluding steroid dienone is 2. The van der Waals surface area contributed by atoms with Crippen LogP contribution >= 0.6 is 11.3 Å². The largest absolute Gasteiger partial charge is 0.378 e. The molecule has 1 aliphatic heterocycles. The Morgan fingerprint density at radius 2 is 1.69 bits per heavy atom. The van der Waals surface area contributed by atoms with Gasteiger partial charge in [-0.15, -0.1) is 11.3 Å². The first-order valence-electron chi connectivity index (χ1n) is 12.0. The number of nitrogens with one attached hydrogen (secondary N) is 1. The molecule has 0 bridgehead atoms. The first-order chi connectivity index (χ1) is 15.7. The van der Waals surface area contributed by atoms with Crippen LogP contribution in [0.15, 0.2) is 72.8 Å². The number of rotatable bonds is 5. The van der Waals surface area contributed by atoms with Crippen LogP contribution in [0.4, 0.5) is 5.69 Å². The zero-order chi connectivity index (χ0) is 21.7. The van der Waals surface area contributed by atoms with Gasteiger partial charge in [-0.2, -0.15) is 0 Å². The van der Waals surface area contributed by atoms with Gasteiger partial charge >= 0.3 is 0 Å². The summed E-state index contributed by atoms with van der Waals surface area (Å²) in [7, 11) is 0. The van der Waals surface area contributed by atoms with E-state index in [2.05, 4.69) is 92.0 Å². The van der Waals surface area contributed by atoms with Crippen LogP contribution in [-0.2, 0) is 12.8 Å². The molecule has 2 aliphatic rings. The van der Waals surface area contributed by atoms with Crippen molar-refractivity contribution in [2.45, 2.75) is 51.5 Å². The van der Waals surface area contributed by atoms with Gasteiger partial charge in [-0.05, 0) is 71.0 Å². The van der Waals surface area contributed by atoms with Gasteiger partial charge in [0.25, 0.3) is 0 Å². The van der Waals surface area contributed by atoms with E-state index in [1.165, 1.54) is 66.5 Å². The van der Waals surface area contributed by atoms with E-state index in [1.807, 2.05) is 11.3 Å². The van der Waals surface area contributed by atoms with Gasteiger partial charge in [0.1, 0.15) is 0 Å². The Morgan fingerprint density at radius 3 is 2.56 bits per heavy atom. The first kappa shape index (κ1) is 19.8. The minimum Gasteiger partial charge on any atom is -0.378 e. The molecule has 4 aromatic rings. The minimum absolute atomic E-state index is 0.365. The quantitative estimate of drug-likeness (QED) is 0.331. The van der Waals surface area contributed by atoms with E-state index >= 15 is 0 Å². The molecular formula is C30H29NS. The molecule has 2 atom stereocenters. The molecule has 1 aromatic heterocycles. The number of aryl methyl sites for hydroxylation is 2. The third-order valence-corrected chi connectivity index (χ3v) is 8.17. The van der Waals surface area contributed by atoms with Gasteiger partial charge < -0.3 is 5.32 Å². The van der Waals surface area contributed by atoms with Crippen molar-refractivity contribution >= 4 is 42.8 Å². The number of fused-ring (bicyclic) bond motifs is 6. The van der Waals surface area contributed by atoms with Gasteiger partial charge in [0.05, 0.1) is 6.04 Å². The summed E-state index contributed by atoms with van der Waals surface area (Å²) in [6.45, 7) is 4.54. The van der Waals surface area contributed by atoms with E-state index in [4.69, 9.17) is 0 Å². The summed E-state index contributed by atoms with van der Waals surface area (Å²) in [6.07, 6.45) is 11.9. The Kier molecular flexibility index (Phi) is 4.91. The van der Waals surface area contributed by atoms with Gasteiger partial charge in [-0.1, -0.05) is 69.2 Å². The maximum atomic E-state index is 3.69. The van der Waals surface area contributed by atoms with Crippen molar-refractivity contribution in [2.75, 3.05) is 5.32 Å². The fourth-order valence-electron chi connectivity index (χ4n) is 5.46. The average Bonchev–Trinajstić information content (AvgIpc) is 3.37. The average molecular weight is 436 g/mol. The molecule has 2 heteroatoms. The van der Waals surface area contributed by atoms with Crippen LogP contribution in [0.25, 0.3) is 25.7 Å². The second-order valence-electron chi connectivity index (χ2n) is 9.22. The molecule has 1 nitrogen and oxygen atoms in total. The van der Waals surface area contributed by atoms with E-state index < -0.39 is 0 Å². The molecule has 6 rings (SSSR count). The fourth-order valence-corrected chi connectivity index (χ4v) is 6.66. The molecule has 32 heavy (non-hydrogen) atoms. The first-order valence-corrected chi connectivity index (χ1v) is 12.8. The van der Waals surface area contributed by atoms with E-state index in [0.717, 1.165) is 12.8 Å². The van der Waals surface area contributed by atoms with Crippen LogP contribution in [0, 0.1) is 0 Å². The number of hydrogen-bond donors (Lipinski definition) is 1. The lowest BCUT2D eigenvalue weighted by atomic mass is 9.85. The number of anilines is 1. The number of para-hydroxylation sites is 1. The Morgan fingerprint density at radius 1 is 0.875 bits per heavy atom. The molecule has 0 radical (unpaired) electrons. The van der Waals surface area contributed by atoms with Gasteiger partial charge in [-0.3, -0.25) is 0 Å². The lowest BCUT2D eigenvalue weighted by Gasteiger charge is -2.20. The molecule has 0 fully saturated rings. The maximum Gasteiger partial charge on any atom is 0.0552 e. The van der Waals surface area contributed by atoms with E-state index in [9.17, 15) is 0 Å². The summed E-state index contributed by atoms with van der Waals surface area (Å²) in [5.74, 6) is 0.404. The van der Waals surface area contributed by atoms with Crippen LogP contribution in [0.1, 0.15) is 54.9 Å². The Balaban J connectivity index is 1.54. The van der Waals surface area contributed by atoms with E-state index in [1.54, 1.807) is 0 Å². The normalized spacial score (nSPS) is 19.1. The summed E-state index contributed by atoms with van der Waals surface area (Å²) >= 11 is 1.96. The molecule has 2 heterocycles. The molecule has 160 valence electrons. The van der Waals surface area contributed by atoms with Gasteiger partial charge in [-0.25, -0.2) is 0 Å². The van der Waals surface area contributed by atoms with Crippen molar-refractivity contribution in [3.63, 3.8) is 0 Å². The highest BCUT2D eigenvalue weighted by Gasteiger charge is 2.31. The second kappa shape index (κ2) is 7.94. The number of hydrogen-bond acceptors (Lipinski definition) is 2. The molecular weight excluding hydrogens is 406 g/mol. The van der Waals surface area contributed by atoms with Crippen molar-refractivity contribution in [1.82, 2.24) is 0 Å². The van der Waals surface area contributed by atoms with E-state index in [-0.39, 0.29) is 0 Å². The predicted octanol–water partition coefficient (Wildman–Crippen LogP) is 8.49. The molecule has 1 aliphatic carbocycles. The summed E-state index contributed by atoms with van der Waals surface area (Å²) < 4.78 is 2.84. The molecule has 0 amide bonds. The highest BCUT2D eigenvalue weighted by atomic mass is 32.1. The Labute approximate surface area is 194 Å².